The number of nitrogens with one attached hydrogen (secondary N) is 2. The Morgan fingerprint density at radius 1 is 1.22 bits per heavy atom. The maximum Gasteiger partial charge on any atom is 0.355 e. The van der Waals surface area contributed by atoms with E-state index in [-0.39, 0.29) is 12.5 Å². The lowest BCUT2D eigenvalue weighted by Gasteiger charge is -2.07. The lowest BCUT2D eigenvalue weighted by Crippen LogP contribution is -2.15. The Morgan fingerprint density at radius 2 is 1.87 bits per heavy atom. The molecule has 0 aliphatic heterocycles. The molecule has 1 heterocycles. The highest BCUT2D eigenvalue weighted by Gasteiger charge is 2.24. The second kappa shape index (κ2) is 7.33. The van der Waals surface area contributed by atoms with Gasteiger partial charge >= 0.3 is 5.97 Å². The highest BCUT2D eigenvalue weighted by atomic mass is 35.5. The number of hydrogen-bond acceptors (Lipinski definition) is 3. The van der Waals surface area contributed by atoms with Crippen molar-refractivity contribution in [3.63, 3.8) is 0 Å². The molecule has 0 saturated carbocycles. The number of amides is 1. The summed E-state index contributed by atoms with van der Waals surface area (Å²) in [6.45, 7) is 5.68. The SMILES string of the molecule is CCOC(=O)c1[nH]c(C)c(C(=O)Nc2ccc(Cl)cc2)c1CC. The molecule has 0 fully saturated rings. The largest absolute Gasteiger partial charge is 0.461 e. The van der Waals surface area contributed by atoms with Crippen LogP contribution in [0.4, 0.5) is 5.69 Å². The van der Waals surface area contributed by atoms with Crippen LogP contribution in [0.2, 0.25) is 5.02 Å². The molecule has 5 nitrogen and oxygen atoms in total. The molecule has 0 aliphatic rings. The molecule has 0 spiro atoms. The number of ether oxygens (including phenoxy) is 1. The van der Waals surface area contributed by atoms with Crippen LogP contribution in [-0.2, 0) is 11.2 Å². The number of carbonyl (C=O) groups is 2. The fourth-order valence-electron chi connectivity index (χ4n) is 2.44. The number of aromatic amines is 1. The van der Waals surface area contributed by atoms with Gasteiger partial charge in [-0.15, -0.1) is 0 Å². The average molecular weight is 335 g/mol. The quantitative estimate of drug-likeness (QED) is 0.813. The van der Waals surface area contributed by atoms with Gasteiger partial charge in [-0.2, -0.15) is 0 Å². The number of hydrogen-bond donors (Lipinski definition) is 2. The van der Waals surface area contributed by atoms with Gasteiger partial charge in [0, 0.05) is 16.4 Å². The Morgan fingerprint density at radius 3 is 2.43 bits per heavy atom. The van der Waals surface area contributed by atoms with Gasteiger partial charge in [-0.1, -0.05) is 18.5 Å². The first-order chi connectivity index (χ1) is 11.0. The number of halogens is 1. The summed E-state index contributed by atoms with van der Waals surface area (Å²) in [4.78, 5) is 27.6. The van der Waals surface area contributed by atoms with Gasteiger partial charge in [-0.25, -0.2) is 4.79 Å². The molecule has 2 aromatic rings. The van der Waals surface area contributed by atoms with Gasteiger partial charge in [0.05, 0.1) is 12.2 Å². The molecule has 0 radical (unpaired) electrons. The lowest BCUT2D eigenvalue weighted by atomic mass is 10.1. The van der Waals surface area contributed by atoms with Crippen LogP contribution in [0.15, 0.2) is 24.3 Å². The van der Waals surface area contributed by atoms with Crippen molar-refractivity contribution in [1.29, 1.82) is 0 Å². The Hall–Kier alpha value is -2.27. The molecule has 1 aromatic carbocycles. The highest BCUT2D eigenvalue weighted by Crippen LogP contribution is 2.22. The molecule has 23 heavy (non-hydrogen) atoms. The first kappa shape index (κ1) is 17.1. The van der Waals surface area contributed by atoms with E-state index >= 15 is 0 Å². The normalized spacial score (nSPS) is 10.4. The standard InChI is InChI=1S/C17H19ClN2O3/c1-4-13-14(10(3)19-15(13)17(22)23-5-2)16(21)20-12-8-6-11(18)7-9-12/h6-9,19H,4-5H2,1-3H3,(H,20,21). The van der Waals surface area contributed by atoms with Gasteiger partial charge in [0.25, 0.3) is 5.91 Å². The number of H-pyrrole nitrogens is 1. The second-order valence-electron chi connectivity index (χ2n) is 5.01. The third kappa shape index (κ3) is 3.74. The van der Waals surface area contributed by atoms with Gasteiger partial charge in [0.2, 0.25) is 0 Å². The van der Waals surface area contributed by atoms with E-state index in [9.17, 15) is 9.59 Å². The summed E-state index contributed by atoms with van der Waals surface area (Å²) in [5.74, 6) is -0.716. The van der Waals surface area contributed by atoms with Crippen molar-refractivity contribution in [3.8, 4) is 0 Å². The van der Waals surface area contributed by atoms with Crippen LogP contribution in [0.25, 0.3) is 0 Å². The van der Waals surface area contributed by atoms with Crippen LogP contribution in [-0.4, -0.2) is 23.5 Å². The summed E-state index contributed by atoms with van der Waals surface area (Å²) in [7, 11) is 0. The average Bonchev–Trinajstić information content (AvgIpc) is 2.86. The van der Waals surface area contributed by atoms with Gasteiger partial charge in [0.1, 0.15) is 5.69 Å². The van der Waals surface area contributed by atoms with Gasteiger partial charge in [0.15, 0.2) is 0 Å². The Kier molecular flexibility index (Phi) is 5.45. The van der Waals surface area contributed by atoms with Crippen molar-refractivity contribution >= 4 is 29.2 Å². The number of benzene rings is 1. The predicted octanol–water partition coefficient (Wildman–Crippen LogP) is 3.97. The molecule has 1 amide bonds. The van der Waals surface area contributed by atoms with Crippen LogP contribution in [0, 0.1) is 6.92 Å². The minimum atomic E-state index is -0.446. The molecular weight excluding hydrogens is 316 g/mol. The molecule has 6 heteroatoms. The van der Waals surface area contributed by atoms with Crippen LogP contribution in [0.5, 0.6) is 0 Å². The maximum absolute atomic E-state index is 12.6. The van der Waals surface area contributed by atoms with Crippen LogP contribution in [0.3, 0.4) is 0 Å². The van der Waals surface area contributed by atoms with Crippen molar-refractivity contribution in [2.45, 2.75) is 27.2 Å². The number of aryl methyl sites for hydroxylation is 1. The molecule has 122 valence electrons. The number of carbonyl (C=O) groups excluding carboxylic acids is 2. The third-order valence-corrected chi connectivity index (χ3v) is 3.71. The highest BCUT2D eigenvalue weighted by molar-refractivity contribution is 6.30. The Labute approximate surface area is 140 Å². The zero-order valence-corrected chi connectivity index (χ0v) is 14.1. The van der Waals surface area contributed by atoms with E-state index in [2.05, 4.69) is 10.3 Å². The molecule has 0 saturated heterocycles. The number of rotatable bonds is 5. The van der Waals surface area contributed by atoms with Crippen molar-refractivity contribution in [3.05, 3.63) is 51.8 Å². The van der Waals surface area contributed by atoms with E-state index in [1.807, 2.05) is 6.92 Å². The van der Waals surface area contributed by atoms with Gasteiger partial charge < -0.3 is 15.0 Å². The van der Waals surface area contributed by atoms with Crippen molar-refractivity contribution < 1.29 is 14.3 Å². The van der Waals surface area contributed by atoms with E-state index < -0.39 is 5.97 Å². The van der Waals surface area contributed by atoms with Gasteiger partial charge in [-0.3, -0.25) is 4.79 Å². The van der Waals surface area contributed by atoms with Gasteiger partial charge in [-0.05, 0) is 50.1 Å². The van der Waals surface area contributed by atoms with Crippen molar-refractivity contribution in [2.75, 3.05) is 11.9 Å². The molecule has 1 aromatic heterocycles. The molecule has 2 N–H and O–H groups in total. The second-order valence-corrected chi connectivity index (χ2v) is 5.45. The van der Waals surface area contributed by atoms with Crippen molar-refractivity contribution in [1.82, 2.24) is 4.98 Å². The van der Waals surface area contributed by atoms with Crippen LogP contribution < -0.4 is 5.32 Å². The van der Waals surface area contributed by atoms with E-state index in [4.69, 9.17) is 16.3 Å². The maximum atomic E-state index is 12.6. The molecular formula is C17H19ClN2O3. The number of esters is 1. The molecule has 0 atom stereocenters. The summed E-state index contributed by atoms with van der Waals surface area (Å²) in [5, 5.41) is 3.41. The van der Waals surface area contributed by atoms with Crippen molar-refractivity contribution in [2.24, 2.45) is 0 Å². The van der Waals surface area contributed by atoms with Crippen LogP contribution in [0.1, 0.15) is 46.0 Å². The minimum absolute atomic E-state index is 0.270. The molecule has 0 aliphatic carbocycles. The number of aromatic nitrogens is 1. The summed E-state index contributed by atoms with van der Waals surface area (Å²) in [6, 6.07) is 6.85. The summed E-state index contributed by atoms with van der Waals surface area (Å²) < 4.78 is 5.03. The number of anilines is 1. The summed E-state index contributed by atoms with van der Waals surface area (Å²) in [6.07, 6.45) is 0.544. The minimum Gasteiger partial charge on any atom is -0.461 e. The molecule has 2 rings (SSSR count). The lowest BCUT2D eigenvalue weighted by molar-refractivity contribution is 0.0519. The Bertz CT molecular complexity index is 720. The predicted molar refractivity (Wildman–Crippen MR) is 90.3 cm³/mol. The summed E-state index contributed by atoms with van der Waals surface area (Å²) >= 11 is 5.84. The zero-order chi connectivity index (χ0) is 17.0. The van der Waals surface area contributed by atoms with E-state index in [1.165, 1.54) is 0 Å². The fraction of sp³-hybridized carbons (Fsp3) is 0.294. The Balaban J connectivity index is 2.32. The molecule has 0 bridgehead atoms. The topological polar surface area (TPSA) is 71.2 Å². The monoisotopic (exact) mass is 334 g/mol. The molecule has 0 unspecified atom stereocenters. The van der Waals surface area contributed by atoms with E-state index in [0.717, 1.165) is 0 Å². The first-order valence-electron chi connectivity index (χ1n) is 7.43. The van der Waals surface area contributed by atoms with E-state index in [0.29, 0.717) is 39.6 Å². The third-order valence-electron chi connectivity index (χ3n) is 3.45. The smallest absolute Gasteiger partial charge is 0.355 e. The zero-order valence-electron chi connectivity index (χ0n) is 13.3. The van der Waals surface area contributed by atoms with E-state index in [1.54, 1.807) is 38.1 Å². The summed E-state index contributed by atoms with van der Waals surface area (Å²) in [5.41, 5.74) is 2.75. The van der Waals surface area contributed by atoms with Crippen LogP contribution >= 0.6 is 11.6 Å². The fourth-order valence-corrected chi connectivity index (χ4v) is 2.57. The first-order valence-corrected chi connectivity index (χ1v) is 7.81.